The summed E-state index contributed by atoms with van der Waals surface area (Å²) in [7, 11) is -3.87. The Labute approximate surface area is 239 Å². The minimum Gasteiger partial charge on any atom is -0.486 e. The highest BCUT2D eigenvalue weighted by molar-refractivity contribution is 7.92. The van der Waals surface area contributed by atoms with Crippen molar-refractivity contribution in [2.75, 3.05) is 29.8 Å². The fourth-order valence-electron chi connectivity index (χ4n) is 4.72. The van der Waals surface area contributed by atoms with Crippen molar-refractivity contribution in [1.82, 2.24) is 10.2 Å². The van der Waals surface area contributed by atoms with Crippen LogP contribution in [0.2, 0.25) is 10.0 Å². The van der Waals surface area contributed by atoms with Crippen LogP contribution in [0.3, 0.4) is 0 Å². The van der Waals surface area contributed by atoms with Gasteiger partial charge in [-0.3, -0.25) is 13.9 Å². The summed E-state index contributed by atoms with van der Waals surface area (Å²) in [5, 5.41) is 3.72. The molecule has 39 heavy (non-hydrogen) atoms. The lowest BCUT2D eigenvalue weighted by Gasteiger charge is -2.32. The Balaban J connectivity index is 1.63. The minimum atomic E-state index is -3.87. The first-order valence-corrected chi connectivity index (χ1v) is 15.4. The zero-order chi connectivity index (χ0) is 28.2. The quantitative estimate of drug-likeness (QED) is 0.435. The summed E-state index contributed by atoms with van der Waals surface area (Å²) >= 11 is 12.3. The van der Waals surface area contributed by atoms with Gasteiger partial charge in [-0.15, -0.1) is 0 Å². The molecule has 0 unspecified atom stereocenters. The maximum absolute atomic E-state index is 13.8. The lowest BCUT2D eigenvalue weighted by Crippen LogP contribution is -2.52. The normalized spacial score (nSPS) is 16.0. The molecule has 1 heterocycles. The molecule has 9 nitrogen and oxygen atoms in total. The smallest absolute Gasteiger partial charge is 0.244 e. The molecule has 212 valence electrons. The van der Waals surface area contributed by atoms with Gasteiger partial charge >= 0.3 is 0 Å². The second-order valence-corrected chi connectivity index (χ2v) is 12.7. The molecule has 1 atom stereocenters. The molecule has 2 aliphatic rings. The molecular formula is C27H33Cl2N3O6S. The highest BCUT2D eigenvalue weighted by Gasteiger charge is 2.32. The van der Waals surface area contributed by atoms with Crippen LogP contribution >= 0.6 is 23.2 Å². The van der Waals surface area contributed by atoms with Crippen LogP contribution in [0.1, 0.15) is 45.1 Å². The number of halogens is 2. The van der Waals surface area contributed by atoms with Crippen molar-refractivity contribution in [1.29, 1.82) is 0 Å². The summed E-state index contributed by atoms with van der Waals surface area (Å²) in [4.78, 5) is 28.4. The fourth-order valence-corrected chi connectivity index (χ4v) is 6.09. The van der Waals surface area contributed by atoms with Crippen LogP contribution in [0.15, 0.2) is 36.4 Å². The number of hydrogen-bond acceptors (Lipinski definition) is 6. The van der Waals surface area contributed by atoms with E-state index in [9.17, 15) is 18.0 Å². The molecule has 1 saturated carbocycles. The van der Waals surface area contributed by atoms with Gasteiger partial charge in [-0.1, -0.05) is 42.1 Å². The molecular weight excluding hydrogens is 565 g/mol. The van der Waals surface area contributed by atoms with Crippen LogP contribution < -0.4 is 19.1 Å². The van der Waals surface area contributed by atoms with Gasteiger partial charge in [-0.2, -0.15) is 0 Å². The number of nitrogens with one attached hydrogen (secondary N) is 1. The summed E-state index contributed by atoms with van der Waals surface area (Å²) in [6, 6.07) is 8.92. The van der Waals surface area contributed by atoms with Gasteiger partial charge in [0.05, 0.1) is 21.5 Å². The number of anilines is 1. The van der Waals surface area contributed by atoms with E-state index in [1.165, 1.54) is 11.8 Å². The van der Waals surface area contributed by atoms with E-state index in [1.54, 1.807) is 43.3 Å². The number of rotatable bonds is 10. The number of nitrogens with zero attached hydrogens (tertiary/aromatic N) is 2. The summed E-state index contributed by atoms with van der Waals surface area (Å²) in [6.45, 7) is 3.42. The molecule has 1 aliphatic carbocycles. The largest absolute Gasteiger partial charge is 0.486 e. The van der Waals surface area contributed by atoms with Crippen molar-refractivity contribution in [3.05, 3.63) is 52.0 Å². The van der Waals surface area contributed by atoms with Crippen LogP contribution in [0, 0.1) is 0 Å². The molecule has 1 N–H and O–H groups in total. The Hall–Kier alpha value is -2.69. The predicted octanol–water partition coefficient (Wildman–Crippen LogP) is 4.40. The van der Waals surface area contributed by atoms with Gasteiger partial charge in [0.15, 0.2) is 11.5 Å². The molecule has 0 bridgehead atoms. The first-order chi connectivity index (χ1) is 18.6. The summed E-state index contributed by atoms with van der Waals surface area (Å²) < 4.78 is 38.6. The molecule has 0 saturated heterocycles. The lowest BCUT2D eigenvalue weighted by molar-refractivity contribution is -0.139. The molecule has 0 aromatic heterocycles. The average molecular weight is 599 g/mol. The summed E-state index contributed by atoms with van der Waals surface area (Å²) in [5.41, 5.74) is 0.925. The number of carbonyl (C=O) groups is 2. The van der Waals surface area contributed by atoms with Crippen molar-refractivity contribution in [2.24, 2.45) is 0 Å². The van der Waals surface area contributed by atoms with Gasteiger partial charge in [0, 0.05) is 18.7 Å². The van der Waals surface area contributed by atoms with Gasteiger partial charge < -0.3 is 19.7 Å². The summed E-state index contributed by atoms with van der Waals surface area (Å²) in [5.74, 6) is -0.149. The molecule has 2 aromatic rings. The third kappa shape index (κ3) is 7.10. The highest BCUT2D eigenvalue weighted by Crippen LogP contribution is 2.35. The molecule has 1 aliphatic heterocycles. The second-order valence-electron chi connectivity index (χ2n) is 9.67. The maximum Gasteiger partial charge on any atom is 0.244 e. The minimum absolute atomic E-state index is 0.0378. The van der Waals surface area contributed by atoms with Crippen molar-refractivity contribution in [2.45, 2.75) is 58.2 Å². The zero-order valence-corrected chi connectivity index (χ0v) is 24.3. The van der Waals surface area contributed by atoms with Crippen molar-refractivity contribution < 1.29 is 27.5 Å². The maximum atomic E-state index is 13.8. The predicted molar refractivity (Wildman–Crippen MR) is 151 cm³/mol. The average Bonchev–Trinajstić information content (AvgIpc) is 3.44. The van der Waals surface area contributed by atoms with E-state index in [2.05, 4.69) is 5.32 Å². The van der Waals surface area contributed by atoms with Crippen LogP contribution in [0.5, 0.6) is 11.5 Å². The van der Waals surface area contributed by atoms with E-state index in [1.807, 2.05) is 0 Å². The number of fused-ring (bicyclic) bond motifs is 1. The second kappa shape index (κ2) is 12.7. The number of carbonyl (C=O) groups excluding carboxylic acids is 2. The van der Waals surface area contributed by atoms with Crippen molar-refractivity contribution >= 4 is 50.7 Å². The molecule has 1 fully saturated rings. The molecule has 0 radical (unpaired) electrons. The Morgan fingerprint density at radius 2 is 1.72 bits per heavy atom. The van der Waals surface area contributed by atoms with Crippen LogP contribution in [0.4, 0.5) is 5.69 Å². The fraction of sp³-hybridized carbons (Fsp3) is 0.481. The van der Waals surface area contributed by atoms with Crippen LogP contribution in [0.25, 0.3) is 0 Å². The Bertz CT molecular complexity index is 1320. The zero-order valence-electron chi connectivity index (χ0n) is 22.0. The summed E-state index contributed by atoms with van der Waals surface area (Å²) in [6.07, 6.45) is 3.88. The van der Waals surface area contributed by atoms with E-state index in [0.29, 0.717) is 40.3 Å². The molecule has 2 aromatic carbocycles. The number of benzene rings is 2. The lowest BCUT2D eigenvalue weighted by atomic mass is 10.1. The SMILES string of the molecule is CCS(=O)(=O)N(CC(=O)N(Cc1ccc(Cl)c(Cl)c1)[C@H](C)C(=O)NC1CCCC1)c1ccc2c(c1)OCCO2. The Kier molecular flexibility index (Phi) is 9.51. The van der Waals surface area contributed by atoms with Gasteiger partial charge in [-0.25, -0.2) is 8.42 Å². The van der Waals surface area contributed by atoms with Crippen molar-refractivity contribution in [3.63, 3.8) is 0 Å². The first-order valence-electron chi connectivity index (χ1n) is 13.0. The number of amides is 2. The van der Waals surface area contributed by atoms with E-state index < -0.39 is 28.5 Å². The number of hydrogen-bond donors (Lipinski definition) is 1. The van der Waals surface area contributed by atoms with Gasteiger partial charge in [0.1, 0.15) is 25.8 Å². The van der Waals surface area contributed by atoms with Gasteiger partial charge in [-0.05, 0) is 56.5 Å². The van der Waals surface area contributed by atoms with Gasteiger partial charge in [0.2, 0.25) is 21.8 Å². The Morgan fingerprint density at radius 1 is 1.03 bits per heavy atom. The third-order valence-electron chi connectivity index (χ3n) is 7.00. The van der Waals surface area contributed by atoms with Crippen LogP contribution in [-0.2, 0) is 26.2 Å². The van der Waals surface area contributed by atoms with Crippen LogP contribution in [-0.4, -0.2) is 62.7 Å². The number of sulfonamides is 1. The first kappa shape index (κ1) is 29.3. The van der Waals surface area contributed by atoms with E-state index in [4.69, 9.17) is 32.7 Å². The monoisotopic (exact) mass is 597 g/mol. The highest BCUT2D eigenvalue weighted by atomic mass is 35.5. The molecule has 4 rings (SSSR count). The molecule has 2 amide bonds. The topological polar surface area (TPSA) is 105 Å². The number of ether oxygens (including phenoxy) is 2. The van der Waals surface area contributed by atoms with E-state index in [0.717, 1.165) is 30.0 Å². The molecule has 12 heteroatoms. The Morgan fingerprint density at radius 3 is 2.38 bits per heavy atom. The van der Waals surface area contributed by atoms with Gasteiger partial charge in [0.25, 0.3) is 0 Å². The van der Waals surface area contributed by atoms with E-state index >= 15 is 0 Å². The molecule has 0 spiro atoms. The standard InChI is InChI=1S/C27H33Cl2N3O6S/c1-3-39(35,36)32(21-9-11-24-25(15-21)38-13-12-37-24)17-26(33)31(16-19-8-10-22(28)23(29)14-19)18(2)27(34)30-20-6-4-5-7-20/h8-11,14-15,18,20H,3-7,12-13,16-17H2,1-2H3,(H,30,34)/t18-/m1/s1. The van der Waals surface area contributed by atoms with E-state index in [-0.39, 0.29) is 29.9 Å². The third-order valence-corrected chi connectivity index (χ3v) is 9.48. The van der Waals surface area contributed by atoms with Crippen molar-refractivity contribution in [3.8, 4) is 11.5 Å².